The van der Waals surface area contributed by atoms with E-state index in [1.807, 2.05) is 18.4 Å². The topological polar surface area (TPSA) is 57.6 Å². The smallest absolute Gasteiger partial charge is 0.327 e. The number of aliphatic carboxylic acids is 1. The van der Waals surface area contributed by atoms with Gasteiger partial charge >= 0.3 is 5.97 Å². The van der Waals surface area contributed by atoms with Crippen LogP contribution in [0.2, 0.25) is 0 Å². The lowest BCUT2D eigenvalue weighted by Crippen LogP contribution is -2.41. The van der Waals surface area contributed by atoms with Crippen LogP contribution in [0.5, 0.6) is 0 Å². The maximum Gasteiger partial charge on any atom is 0.327 e. The summed E-state index contributed by atoms with van der Waals surface area (Å²) in [6.07, 6.45) is 1.97. The molecular weight excluding hydrogens is 270 g/mol. The highest BCUT2D eigenvalue weighted by atomic mass is 32.2. The Balaban J connectivity index is 2.17. The second-order valence-electron chi connectivity index (χ2n) is 3.86. The third kappa shape index (κ3) is 2.64. The molecule has 1 aliphatic heterocycles. The number of benzene rings is 1. The van der Waals surface area contributed by atoms with Crippen molar-refractivity contribution in [2.24, 2.45) is 0 Å². The van der Waals surface area contributed by atoms with Gasteiger partial charge in [-0.05, 0) is 30.5 Å². The Hall–Kier alpha value is -1.14. The monoisotopic (exact) mass is 283 g/mol. The molecule has 0 radical (unpaired) electrons. The zero-order valence-corrected chi connectivity index (χ0v) is 11.5. The summed E-state index contributed by atoms with van der Waals surface area (Å²) in [4.78, 5) is 25.7. The standard InChI is InChI=1S/C12H13NO3S2/c1-17-9-4-2-8(3-5-9)11(14)13-7-18-6-10(13)12(15)16/h2-5,10H,6-7H2,1H3,(H,15,16)/t10-/m0/s1. The summed E-state index contributed by atoms with van der Waals surface area (Å²) >= 11 is 3.07. The molecule has 2 rings (SSSR count). The van der Waals surface area contributed by atoms with Crippen LogP contribution in [0.25, 0.3) is 0 Å². The predicted molar refractivity (Wildman–Crippen MR) is 73.1 cm³/mol. The van der Waals surface area contributed by atoms with Gasteiger partial charge in [-0.15, -0.1) is 23.5 Å². The Morgan fingerprint density at radius 3 is 2.61 bits per heavy atom. The minimum atomic E-state index is -0.936. The molecule has 1 aromatic carbocycles. The van der Waals surface area contributed by atoms with Crippen LogP contribution in [-0.2, 0) is 4.79 Å². The van der Waals surface area contributed by atoms with Crippen LogP contribution in [-0.4, -0.2) is 45.8 Å². The number of amides is 1. The van der Waals surface area contributed by atoms with E-state index in [0.29, 0.717) is 17.2 Å². The summed E-state index contributed by atoms with van der Waals surface area (Å²) in [5.74, 6) is -0.238. The van der Waals surface area contributed by atoms with Gasteiger partial charge in [-0.2, -0.15) is 0 Å². The van der Waals surface area contributed by atoms with Crippen molar-refractivity contribution in [3.63, 3.8) is 0 Å². The van der Waals surface area contributed by atoms with Crippen molar-refractivity contribution >= 4 is 35.4 Å². The summed E-state index contributed by atoms with van der Waals surface area (Å²) in [5, 5.41) is 9.05. The molecule has 1 fully saturated rings. The summed E-state index contributed by atoms with van der Waals surface area (Å²) in [7, 11) is 0. The van der Waals surface area contributed by atoms with E-state index >= 15 is 0 Å². The number of carboxylic acids is 1. The van der Waals surface area contributed by atoms with Gasteiger partial charge in [0.15, 0.2) is 0 Å². The SMILES string of the molecule is CSc1ccc(C(=O)N2CSC[C@H]2C(=O)O)cc1. The molecule has 0 aliphatic carbocycles. The van der Waals surface area contributed by atoms with E-state index in [1.165, 1.54) is 16.7 Å². The average Bonchev–Trinajstić information content (AvgIpc) is 2.87. The zero-order chi connectivity index (χ0) is 13.1. The van der Waals surface area contributed by atoms with E-state index in [-0.39, 0.29) is 5.91 Å². The van der Waals surface area contributed by atoms with Crippen molar-refractivity contribution in [2.45, 2.75) is 10.9 Å². The predicted octanol–water partition coefficient (Wildman–Crippen LogP) is 2.01. The highest BCUT2D eigenvalue weighted by Crippen LogP contribution is 2.24. The summed E-state index contributed by atoms with van der Waals surface area (Å²) < 4.78 is 0. The van der Waals surface area contributed by atoms with E-state index in [1.54, 1.807) is 23.9 Å². The van der Waals surface area contributed by atoms with Crippen molar-refractivity contribution in [1.29, 1.82) is 0 Å². The molecule has 1 aliphatic rings. The third-order valence-corrected chi connectivity index (χ3v) is 4.52. The second-order valence-corrected chi connectivity index (χ2v) is 5.74. The molecule has 96 valence electrons. The van der Waals surface area contributed by atoms with Gasteiger partial charge in [0.25, 0.3) is 5.91 Å². The number of nitrogens with zero attached hydrogens (tertiary/aromatic N) is 1. The Labute approximate surface area is 114 Å². The van der Waals surface area contributed by atoms with Crippen LogP contribution >= 0.6 is 23.5 Å². The summed E-state index contributed by atoms with van der Waals surface area (Å²) in [6, 6.07) is 6.53. The normalized spacial score (nSPS) is 18.9. The molecule has 0 unspecified atom stereocenters. The zero-order valence-electron chi connectivity index (χ0n) is 9.83. The fraction of sp³-hybridized carbons (Fsp3) is 0.333. The lowest BCUT2D eigenvalue weighted by Gasteiger charge is -2.20. The van der Waals surface area contributed by atoms with Gasteiger partial charge in [0.2, 0.25) is 0 Å². The lowest BCUT2D eigenvalue weighted by atomic mass is 10.2. The fourth-order valence-electron chi connectivity index (χ4n) is 1.75. The number of thioether (sulfide) groups is 2. The minimum absolute atomic E-state index is 0.208. The number of carbonyl (C=O) groups is 2. The molecular formula is C12H13NO3S2. The second kappa shape index (κ2) is 5.67. The quantitative estimate of drug-likeness (QED) is 0.860. The van der Waals surface area contributed by atoms with Crippen LogP contribution in [0.3, 0.4) is 0 Å². The van der Waals surface area contributed by atoms with Gasteiger partial charge in [0, 0.05) is 16.2 Å². The molecule has 0 aromatic heterocycles. The molecule has 1 saturated heterocycles. The number of hydrogen-bond donors (Lipinski definition) is 1. The Morgan fingerprint density at radius 2 is 2.06 bits per heavy atom. The Morgan fingerprint density at radius 1 is 1.39 bits per heavy atom. The average molecular weight is 283 g/mol. The number of carboxylic acid groups (broad SMARTS) is 1. The summed E-state index contributed by atoms with van der Waals surface area (Å²) in [5.41, 5.74) is 0.543. The van der Waals surface area contributed by atoms with Crippen LogP contribution in [0.4, 0.5) is 0 Å². The first-order chi connectivity index (χ1) is 8.63. The third-order valence-electron chi connectivity index (χ3n) is 2.77. The van der Waals surface area contributed by atoms with Crippen molar-refractivity contribution in [2.75, 3.05) is 17.9 Å². The molecule has 4 nitrogen and oxygen atoms in total. The first kappa shape index (κ1) is 13.3. The fourth-order valence-corrected chi connectivity index (χ4v) is 3.30. The molecule has 6 heteroatoms. The molecule has 1 heterocycles. The van der Waals surface area contributed by atoms with Gasteiger partial charge in [-0.1, -0.05) is 0 Å². The first-order valence-corrected chi connectivity index (χ1v) is 7.77. The molecule has 0 saturated carbocycles. The van der Waals surface area contributed by atoms with Crippen LogP contribution in [0.15, 0.2) is 29.2 Å². The molecule has 1 N–H and O–H groups in total. The highest BCUT2D eigenvalue weighted by Gasteiger charge is 2.34. The van der Waals surface area contributed by atoms with Crippen molar-refractivity contribution < 1.29 is 14.7 Å². The van der Waals surface area contributed by atoms with Gasteiger partial charge in [-0.25, -0.2) is 4.79 Å². The molecule has 18 heavy (non-hydrogen) atoms. The van der Waals surface area contributed by atoms with E-state index in [2.05, 4.69) is 0 Å². The largest absolute Gasteiger partial charge is 0.480 e. The van der Waals surface area contributed by atoms with Crippen molar-refractivity contribution in [3.8, 4) is 0 Å². The lowest BCUT2D eigenvalue weighted by molar-refractivity contribution is -0.140. The number of carbonyl (C=O) groups excluding carboxylic acids is 1. The molecule has 0 spiro atoms. The Kier molecular flexibility index (Phi) is 4.19. The Bertz CT molecular complexity index is 461. The molecule has 1 aromatic rings. The van der Waals surface area contributed by atoms with Crippen LogP contribution in [0.1, 0.15) is 10.4 Å². The van der Waals surface area contributed by atoms with Gasteiger partial charge in [0.1, 0.15) is 6.04 Å². The maximum absolute atomic E-state index is 12.2. The summed E-state index contributed by atoms with van der Waals surface area (Å²) in [6.45, 7) is 0. The van der Waals surface area contributed by atoms with E-state index < -0.39 is 12.0 Å². The first-order valence-electron chi connectivity index (χ1n) is 5.39. The van der Waals surface area contributed by atoms with Gasteiger partial charge < -0.3 is 10.0 Å². The molecule has 0 bridgehead atoms. The minimum Gasteiger partial charge on any atom is -0.480 e. The number of hydrogen-bond acceptors (Lipinski definition) is 4. The molecule has 1 atom stereocenters. The van der Waals surface area contributed by atoms with Crippen LogP contribution < -0.4 is 0 Å². The van der Waals surface area contributed by atoms with E-state index in [4.69, 9.17) is 5.11 Å². The van der Waals surface area contributed by atoms with Gasteiger partial charge in [0.05, 0.1) is 5.88 Å². The highest BCUT2D eigenvalue weighted by molar-refractivity contribution is 7.99. The van der Waals surface area contributed by atoms with Crippen molar-refractivity contribution in [1.82, 2.24) is 4.90 Å². The van der Waals surface area contributed by atoms with Crippen molar-refractivity contribution in [3.05, 3.63) is 29.8 Å². The van der Waals surface area contributed by atoms with E-state index in [9.17, 15) is 9.59 Å². The maximum atomic E-state index is 12.2. The number of rotatable bonds is 3. The van der Waals surface area contributed by atoms with Crippen LogP contribution in [0, 0.1) is 0 Å². The van der Waals surface area contributed by atoms with Gasteiger partial charge in [-0.3, -0.25) is 4.79 Å². The molecule has 1 amide bonds. The van der Waals surface area contributed by atoms with E-state index in [0.717, 1.165) is 4.90 Å².